The topological polar surface area (TPSA) is 52.6 Å². The smallest absolute Gasteiger partial charge is 0.339 e. The van der Waals surface area contributed by atoms with E-state index >= 15 is 0 Å². The lowest BCUT2D eigenvalue weighted by Gasteiger charge is -2.13. The lowest BCUT2D eigenvalue weighted by atomic mass is 10.1. The zero-order chi connectivity index (χ0) is 19.7. The van der Waals surface area contributed by atoms with Gasteiger partial charge < -0.3 is 8.92 Å². The molecule has 0 aliphatic carbocycles. The van der Waals surface area contributed by atoms with Gasteiger partial charge >= 0.3 is 10.1 Å². The van der Waals surface area contributed by atoms with E-state index < -0.39 is 10.1 Å². The Morgan fingerprint density at radius 2 is 1.78 bits per heavy atom. The minimum absolute atomic E-state index is 0.130. The summed E-state index contributed by atoms with van der Waals surface area (Å²) < 4.78 is 36.0. The third kappa shape index (κ3) is 6.43. The molecule has 146 valence electrons. The Bertz CT molecular complexity index is 839. The molecular formula is C22H28O4S. The van der Waals surface area contributed by atoms with Crippen molar-refractivity contribution in [1.29, 1.82) is 0 Å². The van der Waals surface area contributed by atoms with Gasteiger partial charge in [-0.3, -0.25) is 0 Å². The molecule has 0 saturated heterocycles. The summed E-state index contributed by atoms with van der Waals surface area (Å²) in [6.45, 7) is 8.11. The molecule has 5 heteroatoms. The van der Waals surface area contributed by atoms with Gasteiger partial charge in [0.2, 0.25) is 0 Å². The fraction of sp³-hybridized carbons (Fsp3) is 0.364. The lowest BCUT2D eigenvalue weighted by molar-refractivity contribution is 0.357. The van der Waals surface area contributed by atoms with Gasteiger partial charge in [-0.05, 0) is 43.5 Å². The van der Waals surface area contributed by atoms with E-state index in [4.69, 9.17) is 8.92 Å². The van der Waals surface area contributed by atoms with Gasteiger partial charge in [-0.2, -0.15) is 8.42 Å². The van der Waals surface area contributed by atoms with E-state index in [9.17, 15) is 8.42 Å². The van der Waals surface area contributed by atoms with E-state index in [1.54, 1.807) is 42.5 Å². The first-order chi connectivity index (χ1) is 13.0. The molecule has 0 radical (unpaired) electrons. The largest absolute Gasteiger partial charge is 0.489 e. The second-order valence-electron chi connectivity index (χ2n) is 6.53. The molecule has 27 heavy (non-hydrogen) atoms. The van der Waals surface area contributed by atoms with Gasteiger partial charge in [0.25, 0.3) is 0 Å². The molecule has 0 heterocycles. The summed E-state index contributed by atoms with van der Waals surface area (Å²) in [5, 5.41) is 0. The van der Waals surface area contributed by atoms with Gasteiger partial charge in [0, 0.05) is 6.07 Å². The molecule has 2 aromatic rings. The molecule has 0 amide bonds. The third-order valence-electron chi connectivity index (χ3n) is 4.21. The molecule has 4 nitrogen and oxygen atoms in total. The zero-order valence-corrected chi connectivity index (χ0v) is 16.9. The Hall–Kier alpha value is -2.27. The molecule has 0 aliphatic heterocycles. The van der Waals surface area contributed by atoms with Gasteiger partial charge in [0.15, 0.2) is 0 Å². The molecule has 0 aromatic heterocycles. The number of rotatable bonds is 11. The van der Waals surface area contributed by atoms with Crippen molar-refractivity contribution in [2.24, 2.45) is 0 Å². The summed E-state index contributed by atoms with van der Waals surface area (Å²) in [6.07, 6.45) is 7.18. The highest BCUT2D eigenvalue weighted by molar-refractivity contribution is 7.87. The summed E-state index contributed by atoms with van der Waals surface area (Å²) in [4.78, 5) is 0.130. The number of hydrogen-bond donors (Lipinski definition) is 0. The van der Waals surface area contributed by atoms with Crippen LogP contribution in [-0.4, -0.2) is 15.0 Å². The van der Waals surface area contributed by atoms with E-state index in [1.165, 1.54) is 12.8 Å². The lowest BCUT2D eigenvalue weighted by Crippen LogP contribution is -2.10. The predicted molar refractivity (Wildman–Crippen MR) is 109 cm³/mol. The first-order valence-electron chi connectivity index (χ1n) is 9.34. The van der Waals surface area contributed by atoms with Crippen LogP contribution in [0.4, 0.5) is 0 Å². The molecule has 0 N–H and O–H groups in total. The van der Waals surface area contributed by atoms with Crippen molar-refractivity contribution in [3.8, 4) is 11.5 Å². The van der Waals surface area contributed by atoms with Crippen LogP contribution >= 0.6 is 0 Å². The average Bonchev–Trinajstić information content (AvgIpc) is 2.64. The Kier molecular flexibility index (Phi) is 7.92. The monoisotopic (exact) mass is 388 g/mol. The number of ether oxygens (including phenoxy) is 1. The second kappa shape index (κ2) is 10.2. The molecule has 0 saturated carbocycles. The van der Waals surface area contributed by atoms with Crippen molar-refractivity contribution in [2.45, 2.75) is 50.8 Å². The van der Waals surface area contributed by atoms with Gasteiger partial charge in [-0.15, -0.1) is 0 Å². The van der Waals surface area contributed by atoms with Crippen LogP contribution in [0.5, 0.6) is 11.5 Å². The van der Waals surface area contributed by atoms with Crippen molar-refractivity contribution in [1.82, 2.24) is 0 Å². The normalized spacial score (nSPS) is 11.2. The molecular weight excluding hydrogens is 360 g/mol. The standard InChI is InChI=1S/C22H28O4S/c1-4-6-7-8-9-19-12-13-20(17-22(19)25-16-5-2)26-27(23,24)21-14-10-18(3)11-15-21/h5,10-15,17H,2,4,6-9,16H2,1,3H3. The molecule has 0 aliphatic rings. The van der Waals surface area contributed by atoms with Crippen LogP contribution in [0.2, 0.25) is 0 Å². The first-order valence-corrected chi connectivity index (χ1v) is 10.7. The van der Waals surface area contributed by atoms with Crippen molar-refractivity contribution in [2.75, 3.05) is 6.61 Å². The molecule has 2 rings (SSSR count). The van der Waals surface area contributed by atoms with Crippen LogP contribution < -0.4 is 8.92 Å². The minimum Gasteiger partial charge on any atom is -0.489 e. The maximum absolute atomic E-state index is 12.5. The van der Waals surface area contributed by atoms with E-state index in [-0.39, 0.29) is 10.6 Å². The highest BCUT2D eigenvalue weighted by Crippen LogP contribution is 2.29. The van der Waals surface area contributed by atoms with Crippen LogP contribution in [0, 0.1) is 6.92 Å². The number of unbranched alkanes of at least 4 members (excludes halogenated alkanes) is 3. The van der Waals surface area contributed by atoms with Crippen molar-refractivity contribution in [3.05, 3.63) is 66.2 Å². The van der Waals surface area contributed by atoms with Crippen LogP contribution in [0.25, 0.3) is 0 Å². The van der Waals surface area contributed by atoms with Crippen LogP contribution in [-0.2, 0) is 16.5 Å². The van der Waals surface area contributed by atoms with Gasteiger partial charge in [-0.1, -0.05) is 62.6 Å². The summed E-state index contributed by atoms with van der Waals surface area (Å²) in [5.74, 6) is 0.884. The summed E-state index contributed by atoms with van der Waals surface area (Å²) >= 11 is 0. The van der Waals surface area contributed by atoms with Crippen molar-refractivity contribution < 1.29 is 17.3 Å². The molecule has 2 aromatic carbocycles. The first kappa shape index (κ1) is 21.0. The Morgan fingerprint density at radius 1 is 1.04 bits per heavy atom. The van der Waals surface area contributed by atoms with Gasteiger partial charge in [0.1, 0.15) is 23.0 Å². The number of benzene rings is 2. The highest BCUT2D eigenvalue weighted by Gasteiger charge is 2.17. The summed E-state index contributed by atoms with van der Waals surface area (Å²) in [6, 6.07) is 11.8. The number of aryl methyl sites for hydroxylation is 2. The van der Waals surface area contributed by atoms with Gasteiger partial charge in [-0.25, -0.2) is 0 Å². The molecule has 0 fully saturated rings. The summed E-state index contributed by atoms with van der Waals surface area (Å²) in [7, 11) is -3.88. The molecule has 0 atom stereocenters. The molecule has 0 spiro atoms. The van der Waals surface area contributed by atoms with Crippen LogP contribution in [0.3, 0.4) is 0 Å². The van der Waals surface area contributed by atoms with Gasteiger partial charge in [0.05, 0.1) is 0 Å². The van der Waals surface area contributed by atoms with Crippen molar-refractivity contribution in [3.63, 3.8) is 0 Å². The number of hydrogen-bond acceptors (Lipinski definition) is 4. The van der Waals surface area contributed by atoms with E-state index in [1.807, 2.05) is 13.0 Å². The zero-order valence-electron chi connectivity index (χ0n) is 16.1. The fourth-order valence-electron chi connectivity index (χ4n) is 2.70. The minimum atomic E-state index is -3.88. The highest BCUT2D eigenvalue weighted by atomic mass is 32.2. The predicted octanol–water partition coefficient (Wildman–Crippen LogP) is 5.45. The third-order valence-corrected chi connectivity index (χ3v) is 5.47. The molecule has 0 unspecified atom stereocenters. The summed E-state index contributed by atoms with van der Waals surface area (Å²) in [5.41, 5.74) is 2.04. The van der Waals surface area contributed by atoms with E-state index in [2.05, 4.69) is 13.5 Å². The SMILES string of the molecule is C=CCOc1cc(OS(=O)(=O)c2ccc(C)cc2)ccc1CCCCCC. The van der Waals surface area contributed by atoms with E-state index in [0.29, 0.717) is 12.4 Å². The second-order valence-corrected chi connectivity index (χ2v) is 8.08. The van der Waals surface area contributed by atoms with E-state index in [0.717, 1.165) is 30.4 Å². The maximum atomic E-state index is 12.5. The Labute approximate surface area is 163 Å². The quantitative estimate of drug-likeness (QED) is 0.292. The Balaban J connectivity index is 2.18. The van der Waals surface area contributed by atoms with Crippen LogP contribution in [0.15, 0.2) is 60.0 Å². The average molecular weight is 389 g/mol. The Morgan fingerprint density at radius 3 is 2.44 bits per heavy atom. The maximum Gasteiger partial charge on any atom is 0.339 e. The van der Waals surface area contributed by atoms with Crippen molar-refractivity contribution >= 4 is 10.1 Å². The molecule has 0 bridgehead atoms. The van der Waals surface area contributed by atoms with Crippen LogP contribution in [0.1, 0.15) is 43.7 Å². The fourth-order valence-corrected chi connectivity index (χ4v) is 3.62.